The minimum absolute atomic E-state index is 0.0210. The van der Waals surface area contributed by atoms with Crippen LogP contribution in [0.3, 0.4) is 0 Å². The summed E-state index contributed by atoms with van der Waals surface area (Å²) in [5, 5.41) is 20.1. The molecule has 0 spiro atoms. The van der Waals surface area contributed by atoms with Gasteiger partial charge in [0, 0.05) is 49.3 Å². The highest BCUT2D eigenvalue weighted by Crippen LogP contribution is 2.44. The van der Waals surface area contributed by atoms with Crippen molar-refractivity contribution in [1.82, 2.24) is 24.9 Å². The molecule has 4 atom stereocenters. The third kappa shape index (κ3) is 8.53. The number of imide groups is 1. The van der Waals surface area contributed by atoms with Crippen molar-refractivity contribution in [1.29, 1.82) is 5.26 Å². The van der Waals surface area contributed by atoms with E-state index < -0.39 is 34.3 Å². The molecule has 2 aromatic carbocycles. The SMILES string of the molecule is CC1CC(CCOC2CCC(N3C(S)N(c4ccc(C#N)c(C(F)(F)F)c4)C(=O)C3(C)C)CC2)CC(C)N1CC(=O)Nc1cccc2c(C3CCC(=O)NC3=O)nn(C)c12. The number of likely N-dealkylation sites (tertiary alicyclic amines) is 1. The van der Waals surface area contributed by atoms with Crippen molar-refractivity contribution in [3.8, 4) is 6.07 Å². The van der Waals surface area contributed by atoms with E-state index in [4.69, 9.17) is 17.4 Å². The number of ether oxygens (including phenoxy) is 1. The van der Waals surface area contributed by atoms with Gasteiger partial charge in [-0.05, 0) is 109 Å². The second-order valence-corrected chi connectivity index (χ2v) is 17.8. The lowest BCUT2D eigenvalue weighted by Crippen LogP contribution is -2.52. The number of anilines is 2. The average molecular weight is 851 g/mol. The van der Waals surface area contributed by atoms with Crippen LogP contribution in [0.5, 0.6) is 0 Å². The molecule has 0 radical (unpaired) electrons. The number of para-hydroxylation sites is 1. The molecule has 13 nitrogen and oxygen atoms in total. The largest absolute Gasteiger partial charge is 0.417 e. The van der Waals surface area contributed by atoms with Gasteiger partial charge in [-0.15, -0.1) is 12.6 Å². The minimum Gasteiger partial charge on any atom is -0.378 e. The van der Waals surface area contributed by atoms with E-state index in [-0.39, 0.29) is 66.5 Å². The minimum atomic E-state index is -4.75. The highest BCUT2D eigenvalue weighted by Gasteiger charge is 2.54. The second kappa shape index (κ2) is 17.1. The fraction of sp³-hybridized carbons (Fsp3) is 0.581. The van der Waals surface area contributed by atoms with Gasteiger partial charge >= 0.3 is 6.18 Å². The molecule has 4 unspecified atom stereocenters. The van der Waals surface area contributed by atoms with Gasteiger partial charge < -0.3 is 10.1 Å². The van der Waals surface area contributed by atoms with Crippen LogP contribution in [0.15, 0.2) is 36.4 Å². The number of carbonyl (C=O) groups excluding carboxylic acids is 4. The summed E-state index contributed by atoms with van der Waals surface area (Å²) in [4.78, 5) is 57.1. The molecule has 3 aromatic rings. The van der Waals surface area contributed by atoms with Crippen molar-refractivity contribution < 1.29 is 37.1 Å². The van der Waals surface area contributed by atoms with E-state index in [1.54, 1.807) is 31.6 Å². The first-order valence-electron chi connectivity index (χ1n) is 20.8. The number of nitriles is 1. The van der Waals surface area contributed by atoms with E-state index >= 15 is 0 Å². The Labute approximate surface area is 353 Å². The van der Waals surface area contributed by atoms with Gasteiger partial charge in [0.1, 0.15) is 5.50 Å². The maximum Gasteiger partial charge on any atom is 0.417 e. The van der Waals surface area contributed by atoms with E-state index in [9.17, 15) is 37.6 Å². The summed E-state index contributed by atoms with van der Waals surface area (Å²) >= 11 is 4.78. The predicted molar refractivity (Wildman–Crippen MR) is 222 cm³/mol. The molecule has 4 heterocycles. The number of carbonyl (C=O) groups is 4. The van der Waals surface area contributed by atoms with E-state index in [1.807, 2.05) is 23.1 Å². The maximum atomic E-state index is 13.8. The number of amides is 4. The van der Waals surface area contributed by atoms with Crippen molar-refractivity contribution in [3.63, 3.8) is 0 Å². The standard InChI is InChI=1S/C43H53F3N8O5S/c1-24-19-26(20-25(2)52(24)23-36(56)48-34-8-6-7-31-37(50-51(5)38(31)34)32-15-16-35(55)49-39(32)57)17-18-59-30-13-11-28(12-14-30)54-41(60)53(40(58)42(54,3)4)29-10-9-27(22-47)33(21-29)43(44,45)46/h6-10,21,24-26,28,30,32,41,60H,11-20,23H2,1-5H3,(H,48,56)(H,49,55,57). The number of aryl methyl sites for hydroxylation is 1. The Kier molecular flexibility index (Phi) is 12.4. The van der Waals surface area contributed by atoms with Crippen LogP contribution in [0.2, 0.25) is 0 Å². The lowest BCUT2D eigenvalue weighted by Gasteiger charge is -2.43. The Bertz CT molecular complexity index is 2190. The summed E-state index contributed by atoms with van der Waals surface area (Å²) in [5.41, 5.74) is -1.38. The molecule has 2 N–H and O–H groups in total. The number of alkyl halides is 3. The van der Waals surface area contributed by atoms with Crippen molar-refractivity contribution in [2.45, 2.75) is 133 Å². The van der Waals surface area contributed by atoms with Crippen LogP contribution >= 0.6 is 12.6 Å². The zero-order chi connectivity index (χ0) is 43.3. The number of hydrogen-bond donors (Lipinski definition) is 3. The third-order valence-electron chi connectivity index (χ3n) is 13.0. The Morgan fingerprint density at radius 1 is 1.07 bits per heavy atom. The van der Waals surface area contributed by atoms with Gasteiger partial charge in [0.05, 0.1) is 58.2 Å². The number of fused-ring (bicyclic) bond motifs is 1. The van der Waals surface area contributed by atoms with Gasteiger partial charge in [0.2, 0.25) is 23.6 Å². The molecule has 1 aliphatic carbocycles. The lowest BCUT2D eigenvalue weighted by atomic mass is 9.85. The Hall–Kier alpha value is -4.50. The zero-order valence-corrected chi connectivity index (χ0v) is 35.5. The van der Waals surface area contributed by atoms with Gasteiger partial charge in [-0.1, -0.05) is 12.1 Å². The summed E-state index contributed by atoms with van der Waals surface area (Å²) in [6.07, 6.45) is 1.78. The van der Waals surface area contributed by atoms with Crippen LogP contribution in [-0.4, -0.2) is 91.6 Å². The fourth-order valence-corrected chi connectivity index (χ4v) is 10.8. The monoisotopic (exact) mass is 850 g/mol. The van der Waals surface area contributed by atoms with Gasteiger partial charge in [0.25, 0.3) is 0 Å². The number of rotatable bonds is 10. The molecule has 60 heavy (non-hydrogen) atoms. The van der Waals surface area contributed by atoms with Crippen molar-refractivity contribution in [2.24, 2.45) is 13.0 Å². The highest BCUT2D eigenvalue weighted by molar-refractivity contribution is 7.81. The van der Waals surface area contributed by atoms with Crippen LogP contribution in [0, 0.1) is 17.2 Å². The van der Waals surface area contributed by atoms with Gasteiger partial charge in [-0.2, -0.15) is 23.5 Å². The molecule has 322 valence electrons. The normalized spacial score (nSPS) is 27.9. The van der Waals surface area contributed by atoms with Crippen LogP contribution in [0.4, 0.5) is 24.5 Å². The number of nitrogens with zero attached hydrogens (tertiary/aromatic N) is 6. The van der Waals surface area contributed by atoms with Crippen molar-refractivity contribution >= 4 is 58.5 Å². The molecule has 7 rings (SSSR count). The Morgan fingerprint density at radius 3 is 2.42 bits per heavy atom. The van der Waals surface area contributed by atoms with Crippen molar-refractivity contribution in [3.05, 3.63) is 53.2 Å². The van der Waals surface area contributed by atoms with Gasteiger partial charge in [0.15, 0.2) is 0 Å². The molecular formula is C43H53F3N8O5S. The molecule has 3 saturated heterocycles. The second-order valence-electron chi connectivity index (χ2n) is 17.4. The van der Waals surface area contributed by atoms with E-state index in [1.165, 1.54) is 11.0 Å². The summed E-state index contributed by atoms with van der Waals surface area (Å²) in [7, 11) is 1.78. The lowest BCUT2D eigenvalue weighted by molar-refractivity contribution is -0.138. The van der Waals surface area contributed by atoms with Gasteiger partial charge in [-0.25, -0.2) is 0 Å². The first-order chi connectivity index (χ1) is 28.4. The molecule has 17 heteroatoms. The third-order valence-corrected chi connectivity index (χ3v) is 13.5. The molecule has 0 bridgehead atoms. The van der Waals surface area contributed by atoms with Crippen LogP contribution in [0.1, 0.15) is 108 Å². The maximum absolute atomic E-state index is 13.8. The molecule has 4 amide bonds. The number of hydrogen-bond acceptors (Lipinski definition) is 10. The summed E-state index contributed by atoms with van der Waals surface area (Å²) in [6.45, 7) is 8.72. The summed E-state index contributed by atoms with van der Waals surface area (Å²) in [5.74, 6) is -1.22. The predicted octanol–water partition coefficient (Wildman–Crippen LogP) is 6.47. The quantitative estimate of drug-likeness (QED) is 0.154. The molecule has 4 aliphatic rings. The number of benzene rings is 2. The zero-order valence-electron chi connectivity index (χ0n) is 34.6. The van der Waals surface area contributed by atoms with E-state index in [0.29, 0.717) is 30.3 Å². The smallest absolute Gasteiger partial charge is 0.378 e. The first-order valence-corrected chi connectivity index (χ1v) is 21.3. The van der Waals surface area contributed by atoms with E-state index in [2.05, 4.69) is 34.5 Å². The van der Waals surface area contributed by atoms with Crippen LogP contribution in [0.25, 0.3) is 10.9 Å². The molecular weight excluding hydrogens is 798 g/mol. The van der Waals surface area contributed by atoms with Crippen LogP contribution < -0.4 is 15.5 Å². The molecule has 3 aliphatic heterocycles. The Morgan fingerprint density at radius 2 is 1.77 bits per heavy atom. The number of aromatic nitrogens is 2. The number of nitrogens with one attached hydrogen (secondary N) is 2. The number of thiol groups is 1. The summed E-state index contributed by atoms with van der Waals surface area (Å²) < 4.78 is 49.4. The summed E-state index contributed by atoms with van der Waals surface area (Å²) in [6, 6.07) is 10.8. The fourth-order valence-electron chi connectivity index (χ4n) is 10.1. The van der Waals surface area contributed by atoms with Gasteiger partial charge in [-0.3, -0.25) is 43.9 Å². The topological polar surface area (TPSA) is 153 Å². The average Bonchev–Trinajstić information content (AvgIpc) is 3.61. The molecule has 4 fully saturated rings. The van der Waals surface area contributed by atoms with Crippen LogP contribution in [-0.2, 0) is 37.1 Å². The Balaban J connectivity index is 0.883. The first kappa shape index (κ1) is 43.6. The molecule has 1 aromatic heterocycles. The van der Waals surface area contributed by atoms with Crippen molar-refractivity contribution in [2.75, 3.05) is 23.4 Å². The number of piperidine rings is 2. The van der Waals surface area contributed by atoms with E-state index in [0.717, 1.165) is 68.0 Å². The number of halogens is 3. The molecule has 1 saturated carbocycles. The highest BCUT2D eigenvalue weighted by atomic mass is 32.1.